The molecule has 0 spiro atoms. The normalized spacial score (nSPS) is 12.4. The smallest absolute Gasteiger partial charge is 0.128 e. The monoisotopic (exact) mass is 231 g/mol. The van der Waals surface area contributed by atoms with Crippen molar-refractivity contribution in [2.45, 2.75) is 13.0 Å². The molecule has 2 aromatic rings. The molecule has 1 unspecified atom stereocenters. The summed E-state index contributed by atoms with van der Waals surface area (Å²) in [6, 6.07) is 11.7. The van der Waals surface area contributed by atoms with Gasteiger partial charge in [-0.1, -0.05) is 24.3 Å². The van der Waals surface area contributed by atoms with Gasteiger partial charge < -0.3 is 0 Å². The lowest BCUT2D eigenvalue weighted by molar-refractivity contribution is 0.552. The van der Waals surface area contributed by atoms with Crippen molar-refractivity contribution in [3.05, 3.63) is 65.2 Å². The van der Waals surface area contributed by atoms with Crippen LogP contribution in [0.15, 0.2) is 42.5 Å². The molecular formula is C13H14FN3. The third-order valence-electron chi connectivity index (χ3n) is 2.59. The zero-order valence-electron chi connectivity index (χ0n) is 9.52. The van der Waals surface area contributed by atoms with Crippen LogP contribution in [0.4, 0.5) is 4.39 Å². The fraction of sp³-hybridized carbons (Fsp3) is 0.154. The lowest BCUT2D eigenvalue weighted by Gasteiger charge is -2.16. The second kappa shape index (κ2) is 5.03. The minimum absolute atomic E-state index is 0.293. The zero-order valence-corrected chi connectivity index (χ0v) is 9.52. The highest BCUT2D eigenvalue weighted by Crippen LogP contribution is 2.22. The number of hydrogen-bond acceptors (Lipinski definition) is 3. The van der Waals surface area contributed by atoms with E-state index in [0.29, 0.717) is 11.3 Å². The lowest BCUT2D eigenvalue weighted by atomic mass is 10.0. The number of nitrogens with two attached hydrogens (primary N) is 1. The van der Waals surface area contributed by atoms with Gasteiger partial charge in [-0.15, -0.1) is 0 Å². The first kappa shape index (κ1) is 11.7. The van der Waals surface area contributed by atoms with E-state index in [1.54, 1.807) is 18.2 Å². The molecule has 0 bridgehead atoms. The van der Waals surface area contributed by atoms with E-state index >= 15 is 0 Å². The summed E-state index contributed by atoms with van der Waals surface area (Å²) in [6.07, 6.45) is 0. The van der Waals surface area contributed by atoms with Crippen LogP contribution in [0, 0.1) is 12.7 Å². The summed E-state index contributed by atoms with van der Waals surface area (Å²) >= 11 is 0. The first-order valence-corrected chi connectivity index (χ1v) is 5.36. The third-order valence-corrected chi connectivity index (χ3v) is 2.59. The zero-order chi connectivity index (χ0) is 12.3. The average molecular weight is 231 g/mol. The highest BCUT2D eigenvalue weighted by molar-refractivity contribution is 5.29. The van der Waals surface area contributed by atoms with Gasteiger partial charge in [0.2, 0.25) is 0 Å². The number of nitrogens with one attached hydrogen (secondary N) is 1. The molecular weight excluding hydrogens is 217 g/mol. The van der Waals surface area contributed by atoms with Gasteiger partial charge in [-0.25, -0.2) is 9.82 Å². The van der Waals surface area contributed by atoms with E-state index in [-0.39, 0.29) is 5.82 Å². The van der Waals surface area contributed by atoms with Gasteiger partial charge in [-0.05, 0) is 25.1 Å². The van der Waals surface area contributed by atoms with Crippen molar-refractivity contribution in [2.75, 3.05) is 0 Å². The first-order chi connectivity index (χ1) is 8.22. The lowest BCUT2D eigenvalue weighted by Crippen LogP contribution is -2.30. The summed E-state index contributed by atoms with van der Waals surface area (Å²) in [5.41, 5.74) is 4.67. The van der Waals surface area contributed by atoms with Crippen LogP contribution in [0.25, 0.3) is 0 Å². The number of aryl methyl sites for hydroxylation is 1. The van der Waals surface area contributed by atoms with Crippen molar-refractivity contribution in [1.29, 1.82) is 0 Å². The Morgan fingerprint density at radius 1 is 1.18 bits per heavy atom. The molecule has 88 valence electrons. The summed E-state index contributed by atoms with van der Waals surface area (Å²) in [4.78, 5) is 4.35. The Balaban J connectivity index is 2.44. The van der Waals surface area contributed by atoms with Gasteiger partial charge >= 0.3 is 0 Å². The van der Waals surface area contributed by atoms with Gasteiger partial charge in [-0.3, -0.25) is 10.8 Å². The molecule has 0 amide bonds. The number of benzene rings is 1. The molecule has 0 saturated carbocycles. The van der Waals surface area contributed by atoms with Crippen molar-refractivity contribution >= 4 is 0 Å². The SMILES string of the molecule is Cc1cccc(C(NN)c2ccccc2F)n1. The molecule has 0 fully saturated rings. The number of nitrogens with zero attached hydrogens (tertiary/aromatic N) is 1. The first-order valence-electron chi connectivity index (χ1n) is 5.36. The Bertz CT molecular complexity index is 514. The molecule has 1 heterocycles. The maximum Gasteiger partial charge on any atom is 0.128 e. The van der Waals surface area contributed by atoms with E-state index in [1.165, 1.54) is 6.07 Å². The van der Waals surface area contributed by atoms with Gasteiger partial charge in [0.05, 0.1) is 11.7 Å². The van der Waals surface area contributed by atoms with Gasteiger partial charge in [-0.2, -0.15) is 0 Å². The number of pyridine rings is 1. The molecule has 1 aromatic carbocycles. The molecule has 3 N–H and O–H groups in total. The predicted molar refractivity (Wildman–Crippen MR) is 64.5 cm³/mol. The van der Waals surface area contributed by atoms with Gasteiger partial charge in [0.1, 0.15) is 5.82 Å². The second-order valence-electron chi connectivity index (χ2n) is 3.83. The standard InChI is InChI=1S/C13H14FN3/c1-9-5-4-8-12(16-9)13(17-15)10-6-2-3-7-11(10)14/h2-8,13,17H,15H2,1H3. The molecule has 17 heavy (non-hydrogen) atoms. The fourth-order valence-corrected chi connectivity index (χ4v) is 1.77. The van der Waals surface area contributed by atoms with Crippen LogP contribution in [0.2, 0.25) is 0 Å². The predicted octanol–water partition coefficient (Wildman–Crippen LogP) is 2.08. The van der Waals surface area contributed by atoms with E-state index in [1.807, 2.05) is 25.1 Å². The molecule has 3 nitrogen and oxygen atoms in total. The quantitative estimate of drug-likeness (QED) is 0.628. The van der Waals surface area contributed by atoms with Crippen LogP contribution >= 0.6 is 0 Å². The van der Waals surface area contributed by atoms with Crippen LogP contribution in [-0.2, 0) is 0 Å². The minimum Gasteiger partial charge on any atom is -0.271 e. The summed E-state index contributed by atoms with van der Waals surface area (Å²) in [5, 5.41) is 0. The van der Waals surface area contributed by atoms with Crippen LogP contribution in [0.1, 0.15) is 23.0 Å². The summed E-state index contributed by atoms with van der Waals surface area (Å²) in [7, 11) is 0. The molecule has 0 aliphatic heterocycles. The molecule has 0 saturated heterocycles. The second-order valence-corrected chi connectivity index (χ2v) is 3.83. The maximum absolute atomic E-state index is 13.7. The molecule has 1 atom stereocenters. The Kier molecular flexibility index (Phi) is 3.46. The Labute approximate surface area is 99.5 Å². The highest BCUT2D eigenvalue weighted by Gasteiger charge is 2.17. The Morgan fingerprint density at radius 2 is 1.94 bits per heavy atom. The van der Waals surface area contributed by atoms with Crippen molar-refractivity contribution in [1.82, 2.24) is 10.4 Å². The summed E-state index contributed by atoms with van der Waals surface area (Å²) in [5.74, 6) is 5.21. The van der Waals surface area contributed by atoms with Crippen molar-refractivity contribution in [3.8, 4) is 0 Å². The molecule has 1 aromatic heterocycles. The van der Waals surface area contributed by atoms with Gasteiger partial charge in [0.25, 0.3) is 0 Å². The average Bonchev–Trinajstić information content (AvgIpc) is 2.33. The largest absolute Gasteiger partial charge is 0.271 e. The summed E-state index contributed by atoms with van der Waals surface area (Å²) < 4.78 is 13.7. The van der Waals surface area contributed by atoms with Crippen LogP contribution < -0.4 is 11.3 Å². The highest BCUT2D eigenvalue weighted by atomic mass is 19.1. The van der Waals surface area contributed by atoms with E-state index in [4.69, 9.17) is 5.84 Å². The third kappa shape index (κ3) is 2.49. The maximum atomic E-state index is 13.7. The molecule has 2 rings (SSSR count). The number of halogens is 1. The number of rotatable bonds is 3. The minimum atomic E-state index is -0.434. The molecule has 0 radical (unpaired) electrons. The molecule has 4 heteroatoms. The van der Waals surface area contributed by atoms with Crippen LogP contribution in [0.3, 0.4) is 0 Å². The molecule has 0 aliphatic carbocycles. The van der Waals surface area contributed by atoms with Gasteiger partial charge in [0, 0.05) is 11.3 Å². The van der Waals surface area contributed by atoms with Crippen LogP contribution in [0.5, 0.6) is 0 Å². The topological polar surface area (TPSA) is 50.9 Å². The van der Waals surface area contributed by atoms with E-state index in [2.05, 4.69) is 10.4 Å². The Morgan fingerprint density at radius 3 is 2.59 bits per heavy atom. The van der Waals surface area contributed by atoms with Crippen molar-refractivity contribution in [3.63, 3.8) is 0 Å². The fourth-order valence-electron chi connectivity index (χ4n) is 1.77. The number of hydrogen-bond donors (Lipinski definition) is 2. The van der Waals surface area contributed by atoms with E-state index in [0.717, 1.165) is 5.69 Å². The Hall–Kier alpha value is -1.78. The van der Waals surface area contributed by atoms with E-state index < -0.39 is 6.04 Å². The number of hydrazine groups is 1. The van der Waals surface area contributed by atoms with E-state index in [9.17, 15) is 4.39 Å². The number of aromatic nitrogens is 1. The summed E-state index contributed by atoms with van der Waals surface area (Å²) in [6.45, 7) is 1.89. The molecule has 0 aliphatic rings. The van der Waals surface area contributed by atoms with Crippen molar-refractivity contribution in [2.24, 2.45) is 5.84 Å². The van der Waals surface area contributed by atoms with Crippen molar-refractivity contribution < 1.29 is 4.39 Å². The van der Waals surface area contributed by atoms with Gasteiger partial charge in [0.15, 0.2) is 0 Å². The van der Waals surface area contributed by atoms with Crippen LogP contribution in [-0.4, -0.2) is 4.98 Å².